The molecule has 2 fully saturated rings. The predicted molar refractivity (Wildman–Crippen MR) is 73.9 cm³/mol. The molecule has 0 unspecified atom stereocenters. The molecule has 0 spiro atoms. The Balaban J connectivity index is 1.61. The molecule has 0 aliphatic carbocycles. The summed E-state index contributed by atoms with van der Waals surface area (Å²) >= 11 is 0. The summed E-state index contributed by atoms with van der Waals surface area (Å²) in [5.41, 5.74) is 0. The van der Waals surface area contributed by atoms with Crippen LogP contribution in [0.15, 0.2) is 0 Å². The zero-order valence-electron chi connectivity index (χ0n) is 11.0. The zero-order chi connectivity index (χ0) is 12.8. The van der Waals surface area contributed by atoms with Crippen molar-refractivity contribution in [2.24, 2.45) is 5.92 Å². The minimum Gasteiger partial charge on any atom is -0.353 e. The number of hydrogen-bond acceptors (Lipinski definition) is 3. The van der Waals surface area contributed by atoms with Crippen LogP contribution in [0.2, 0.25) is 0 Å². The van der Waals surface area contributed by atoms with Crippen molar-refractivity contribution in [1.82, 2.24) is 10.6 Å². The lowest BCUT2D eigenvalue weighted by molar-refractivity contribution is -0.122. The van der Waals surface area contributed by atoms with Crippen molar-refractivity contribution in [3.8, 4) is 0 Å². The summed E-state index contributed by atoms with van der Waals surface area (Å²) < 4.78 is 11.2. The number of nitrogens with one attached hydrogen (secondary N) is 2. The van der Waals surface area contributed by atoms with Gasteiger partial charge in [-0.05, 0) is 51.1 Å². The summed E-state index contributed by atoms with van der Waals surface area (Å²) in [6.45, 7) is 2.20. The topological polar surface area (TPSA) is 58.2 Å². The lowest BCUT2D eigenvalue weighted by Crippen LogP contribution is -2.39. The lowest BCUT2D eigenvalue weighted by atomic mass is 9.93. The molecule has 1 amide bonds. The first-order chi connectivity index (χ1) is 8.74. The highest BCUT2D eigenvalue weighted by Gasteiger charge is 2.20. The third-order valence-electron chi connectivity index (χ3n) is 3.99. The Bertz CT molecular complexity index is 293. The van der Waals surface area contributed by atoms with Crippen molar-refractivity contribution in [3.63, 3.8) is 0 Å². The van der Waals surface area contributed by atoms with E-state index in [9.17, 15) is 9.00 Å². The minimum absolute atomic E-state index is 0.186. The Morgan fingerprint density at radius 1 is 1.17 bits per heavy atom. The van der Waals surface area contributed by atoms with Crippen molar-refractivity contribution in [2.45, 2.75) is 44.6 Å². The molecule has 0 aromatic carbocycles. The smallest absolute Gasteiger partial charge is 0.220 e. The first-order valence-electron chi connectivity index (χ1n) is 7.09. The number of rotatable bonds is 4. The summed E-state index contributed by atoms with van der Waals surface area (Å²) in [4.78, 5) is 11.8. The maximum absolute atomic E-state index is 11.8. The van der Waals surface area contributed by atoms with Gasteiger partial charge in [0.1, 0.15) is 0 Å². The molecule has 2 rings (SSSR count). The molecule has 104 valence electrons. The van der Waals surface area contributed by atoms with Crippen LogP contribution in [0.25, 0.3) is 0 Å². The maximum atomic E-state index is 11.8. The Morgan fingerprint density at radius 3 is 2.50 bits per heavy atom. The van der Waals surface area contributed by atoms with Crippen LogP contribution in [-0.4, -0.2) is 40.8 Å². The standard InChI is InChI=1S/C13H24N2O2S/c16-13(2-1-11-3-7-14-8-4-11)15-12-5-9-18(17)10-6-12/h11-12,14H,1-10H2,(H,15,16). The normalized spacial score (nSPS) is 30.0. The molecular formula is C13H24N2O2S. The number of carbonyl (C=O) groups excluding carboxylic acids is 1. The monoisotopic (exact) mass is 272 g/mol. The summed E-state index contributed by atoms with van der Waals surface area (Å²) in [6, 6.07) is 0.267. The van der Waals surface area contributed by atoms with Gasteiger partial charge in [-0.25, -0.2) is 0 Å². The van der Waals surface area contributed by atoms with E-state index in [2.05, 4.69) is 10.6 Å². The fourth-order valence-electron chi connectivity index (χ4n) is 2.74. The molecule has 0 aromatic rings. The Morgan fingerprint density at radius 2 is 1.83 bits per heavy atom. The fraction of sp³-hybridized carbons (Fsp3) is 0.923. The Kier molecular flexibility index (Phi) is 5.63. The van der Waals surface area contributed by atoms with Crippen LogP contribution in [0.3, 0.4) is 0 Å². The second-order valence-corrected chi connectivity index (χ2v) is 7.12. The second-order valence-electron chi connectivity index (χ2n) is 5.42. The third-order valence-corrected chi connectivity index (χ3v) is 5.37. The van der Waals surface area contributed by atoms with Crippen LogP contribution in [0.5, 0.6) is 0 Å². The molecule has 2 aliphatic heterocycles. The van der Waals surface area contributed by atoms with E-state index in [0.717, 1.165) is 49.8 Å². The van der Waals surface area contributed by atoms with E-state index < -0.39 is 10.8 Å². The molecular weight excluding hydrogens is 248 g/mol. The van der Waals surface area contributed by atoms with Crippen molar-refractivity contribution in [2.75, 3.05) is 24.6 Å². The molecule has 5 heteroatoms. The zero-order valence-corrected chi connectivity index (χ0v) is 11.8. The second kappa shape index (κ2) is 7.24. The summed E-state index contributed by atoms with van der Waals surface area (Å²) in [6.07, 6.45) is 5.85. The average molecular weight is 272 g/mol. The first kappa shape index (κ1) is 14.0. The van der Waals surface area contributed by atoms with Crippen LogP contribution < -0.4 is 10.6 Å². The van der Waals surface area contributed by atoms with Crippen molar-refractivity contribution < 1.29 is 9.00 Å². The minimum atomic E-state index is -0.642. The van der Waals surface area contributed by atoms with Crippen LogP contribution >= 0.6 is 0 Å². The lowest BCUT2D eigenvalue weighted by Gasteiger charge is -2.24. The van der Waals surface area contributed by atoms with E-state index in [4.69, 9.17) is 0 Å². The summed E-state index contributed by atoms with van der Waals surface area (Å²) in [7, 11) is -0.642. The summed E-state index contributed by atoms with van der Waals surface area (Å²) in [5, 5.41) is 6.43. The van der Waals surface area contributed by atoms with Crippen LogP contribution in [0, 0.1) is 5.92 Å². The number of hydrogen-bond donors (Lipinski definition) is 2. The van der Waals surface area contributed by atoms with Gasteiger partial charge in [-0.1, -0.05) is 0 Å². The third kappa shape index (κ3) is 4.69. The largest absolute Gasteiger partial charge is 0.353 e. The SMILES string of the molecule is O=C(CCC1CCNCC1)NC1CCS(=O)CC1. The van der Waals surface area contributed by atoms with E-state index in [1.165, 1.54) is 12.8 Å². The van der Waals surface area contributed by atoms with Crippen LogP contribution in [0.4, 0.5) is 0 Å². The molecule has 2 heterocycles. The van der Waals surface area contributed by atoms with E-state index >= 15 is 0 Å². The highest BCUT2D eigenvalue weighted by Crippen LogP contribution is 2.18. The number of amides is 1. The van der Waals surface area contributed by atoms with Crippen LogP contribution in [0.1, 0.15) is 38.5 Å². The fourth-order valence-corrected chi connectivity index (χ4v) is 4.04. The van der Waals surface area contributed by atoms with Gasteiger partial charge in [0, 0.05) is 34.8 Å². The molecule has 4 nitrogen and oxygen atoms in total. The number of carbonyl (C=O) groups is 1. The highest BCUT2D eigenvalue weighted by molar-refractivity contribution is 7.85. The van der Waals surface area contributed by atoms with Gasteiger partial charge in [-0.3, -0.25) is 9.00 Å². The van der Waals surface area contributed by atoms with Gasteiger partial charge in [-0.15, -0.1) is 0 Å². The molecule has 0 radical (unpaired) electrons. The quantitative estimate of drug-likeness (QED) is 0.795. The van der Waals surface area contributed by atoms with Gasteiger partial charge in [0.25, 0.3) is 0 Å². The van der Waals surface area contributed by atoms with E-state index in [1.54, 1.807) is 0 Å². The Hall–Kier alpha value is -0.420. The van der Waals surface area contributed by atoms with Gasteiger partial charge < -0.3 is 10.6 Å². The maximum Gasteiger partial charge on any atom is 0.220 e. The van der Waals surface area contributed by atoms with Gasteiger partial charge in [0.05, 0.1) is 0 Å². The highest BCUT2D eigenvalue weighted by atomic mass is 32.2. The molecule has 0 atom stereocenters. The van der Waals surface area contributed by atoms with Gasteiger partial charge in [0.2, 0.25) is 5.91 Å². The predicted octanol–water partition coefficient (Wildman–Crippen LogP) is 0.793. The van der Waals surface area contributed by atoms with Gasteiger partial charge in [-0.2, -0.15) is 0 Å². The van der Waals surface area contributed by atoms with Crippen molar-refractivity contribution in [3.05, 3.63) is 0 Å². The van der Waals surface area contributed by atoms with Crippen LogP contribution in [-0.2, 0) is 15.6 Å². The average Bonchev–Trinajstić information content (AvgIpc) is 2.40. The molecule has 0 aromatic heterocycles. The molecule has 2 N–H and O–H groups in total. The van der Waals surface area contributed by atoms with E-state index in [-0.39, 0.29) is 11.9 Å². The van der Waals surface area contributed by atoms with E-state index in [0.29, 0.717) is 6.42 Å². The van der Waals surface area contributed by atoms with E-state index in [1.807, 2.05) is 0 Å². The molecule has 0 bridgehead atoms. The van der Waals surface area contributed by atoms with Crippen molar-refractivity contribution >= 4 is 16.7 Å². The molecule has 2 aliphatic rings. The molecule has 18 heavy (non-hydrogen) atoms. The molecule has 0 saturated carbocycles. The van der Waals surface area contributed by atoms with Gasteiger partial charge in [0.15, 0.2) is 0 Å². The Labute approximate surface area is 112 Å². The molecule has 2 saturated heterocycles. The number of piperidine rings is 1. The van der Waals surface area contributed by atoms with Gasteiger partial charge >= 0.3 is 0 Å². The summed E-state index contributed by atoms with van der Waals surface area (Å²) in [5.74, 6) is 2.40. The first-order valence-corrected chi connectivity index (χ1v) is 8.58. The van der Waals surface area contributed by atoms with Crippen molar-refractivity contribution in [1.29, 1.82) is 0 Å².